The van der Waals surface area contributed by atoms with Crippen LogP contribution in [0.5, 0.6) is 5.75 Å². The van der Waals surface area contributed by atoms with E-state index in [0.717, 1.165) is 5.56 Å². The average Bonchev–Trinajstić information content (AvgIpc) is 2.46. The largest absolute Gasteiger partial charge is 0.497 e. The predicted molar refractivity (Wildman–Crippen MR) is 70.5 cm³/mol. The monoisotopic (exact) mass is 276 g/mol. The molecule has 0 amide bonds. The molecule has 0 bridgehead atoms. The third-order valence-corrected chi connectivity index (χ3v) is 3.57. The predicted octanol–water partition coefficient (Wildman–Crippen LogP) is 1.50. The van der Waals surface area contributed by atoms with E-state index in [1.165, 1.54) is 7.11 Å². The standard InChI is InChI=1S/C15H16O5/c1-19-11-5-3-9(4-6-11)12-7-10(16)8-13(17)14(12)15(18)20-2/h3-6,12,14H,7-8H2,1-2H3/t12-,14+/m0/s1. The van der Waals surface area contributed by atoms with E-state index in [2.05, 4.69) is 0 Å². The second-order valence-corrected chi connectivity index (χ2v) is 4.77. The van der Waals surface area contributed by atoms with Gasteiger partial charge in [-0.3, -0.25) is 14.4 Å². The van der Waals surface area contributed by atoms with Crippen LogP contribution in [-0.4, -0.2) is 31.8 Å². The highest BCUT2D eigenvalue weighted by Crippen LogP contribution is 2.35. The van der Waals surface area contributed by atoms with Gasteiger partial charge in [0.05, 0.1) is 20.6 Å². The summed E-state index contributed by atoms with van der Waals surface area (Å²) < 4.78 is 9.76. The first-order valence-electron chi connectivity index (χ1n) is 6.33. The van der Waals surface area contributed by atoms with Crippen molar-refractivity contribution < 1.29 is 23.9 Å². The van der Waals surface area contributed by atoms with Gasteiger partial charge >= 0.3 is 5.97 Å². The molecule has 1 aliphatic rings. The van der Waals surface area contributed by atoms with E-state index in [0.29, 0.717) is 5.75 Å². The number of ether oxygens (including phenoxy) is 2. The number of Topliss-reactive ketones (excluding diaryl/α,β-unsaturated/α-hetero) is 2. The lowest BCUT2D eigenvalue weighted by atomic mass is 9.74. The Morgan fingerprint density at radius 2 is 1.80 bits per heavy atom. The first-order chi connectivity index (χ1) is 9.56. The molecule has 0 saturated heterocycles. The second-order valence-electron chi connectivity index (χ2n) is 4.77. The van der Waals surface area contributed by atoms with Crippen LogP contribution < -0.4 is 4.74 Å². The molecule has 0 heterocycles. The molecule has 0 aliphatic heterocycles. The number of carbonyl (C=O) groups excluding carboxylic acids is 3. The summed E-state index contributed by atoms with van der Waals surface area (Å²) >= 11 is 0. The molecule has 0 spiro atoms. The zero-order chi connectivity index (χ0) is 14.7. The molecule has 5 heteroatoms. The number of ketones is 2. The maximum atomic E-state index is 12.0. The van der Waals surface area contributed by atoms with Crippen molar-refractivity contribution in [2.75, 3.05) is 14.2 Å². The molecule has 0 radical (unpaired) electrons. The molecule has 1 saturated carbocycles. The lowest BCUT2D eigenvalue weighted by molar-refractivity contribution is -0.152. The van der Waals surface area contributed by atoms with E-state index < -0.39 is 17.8 Å². The Morgan fingerprint density at radius 1 is 1.15 bits per heavy atom. The highest BCUT2D eigenvalue weighted by Gasteiger charge is 2.42. The second kappa shape index (κ2) is 5.86. The van der Waals surface area contributed by atoms with Gasteiger partial charge in [0.2, 0.25) is 0 Å². The van der Waals surface area contributed by atoms with E-state index >= 15 is 0 Å². The van der Waals surface area contributed by atoms with Gasteiger partial charge in [0.1, 0.15) is 17.5 Å². The number of hydrogen-bond donors (Lipinski definition) is 0. The molecule has 0 N–H and O–H groups in total. The summed E-state index contributed by atoms with van der Waals surface area (Å²) in [6.45, 7) is 0. The Labute approximate surface area is 116 Å². The molecule has 0 aromatic heterocycles. The normalized spacial score (nSPS) is 22.5. The SMILES string of the molecule is COC(=O)[C@H]1C(=O)CC(=O)C[C@H]1c1ccc(OC)cc1. The summed E-state index contributed by atoms with van der Waals surface area (Å²) in [5.41, 5.74) is 0.766. The van der Waals surface area contributed by atoms with Gasteiger partial charge in [0.15, 0.2) is 5.78 Å². The van der Waals surface area contributed by atoms with E-state index in [-0.39, 0.29) is 24.4 Å². The third kappa shape index (κ3) is 2.71. The van der Waals surface area contributed by atoms with Gasteiger partial charge in [-0.2, -0.15) is 0 Å². The van der Waals surface area contributed by atoms with Crippen molar-refractivity contribution in [2.24, 2.45) is 5.92 Å². The minimum absolute atomic E-state index is 0.143. The molecule has 0 unspecified atom stereocenters. The van der Waals surface area contributed by atoms with Gasteiger partial charge in [-0.15, -0.1) is 0 Å². The Hall–Kier alpha value is -2.17. The van der Waals surface area contributed by atoms with Crippen LogP contribution in [-0.2, 0) is 19.1 Å². The quantitative estimate of drug-likeness (QED) is 0.618. The molecule has 1 aromatic carbocycles. The Bertz CT molecular complexity index is 532. The zero-order valence-corrected chi connectivity index (χ0v) is 11.4. The lowest BCUT2D eigenvalue weighted by Gasteiger charge is -2.28. The van der Waals surface area contributed by atoms with Gasteiger partial charge in [0, 0.05) is 12.3 Å². The molecule has 2 rings (SSSR count). The van der Waals surface area contributed by atoms with Crippen molar-refractivity contribution in [1.82, 2.24) is 0 Å². The van der Waals surface area contributed by atoms with Gasteiger partial charge < -0.3 is 9.47 Å². The Kier molecular flexibility index (Phi) is 4.17. The van der Waals surface area contributed by atoms with E-state index in [9.17, 15) is 14.4 Å². The average molecular weight is 276 g/mol. The number of carbonyl (C=O) groups is 3. The Morgan fingerprint density at radius 3 is 2.35 bits per heavy atom. The zero-order valence-electron chi connectivity index (χ0n) is 11.4. The fourth-order valence-corrected chi connectivity index (χ4v) is 2.55. The highest BCUT2D eigenvalue weighted by atomic mass is 16.5. The lowest BCUT2D eigenvalue weighted by Crippen LogP contribution is -2.37. The van der Waals surface area contributed by atoms with Crippen molar-refractivity contribution in [3.63, 3.8) is 0 Å². The number of methoxy groups -OCH3 is 2. The van der Waals surface area contributed by atoms with Crippen molar-refractivity contribution in [1.29, 1.82) is 0 Å². The van der Waals surface area contributed by atoms with Gasteiger partial charge in [-0.25, -0.2) is 0 Å². The summed E-state index contributed by atoms with van der Waals surface area (Å²) in [6.07, 6.45) is -0.00967. The number of hydrogen-bond acceptors (Lipinski definition) is 5. The smallest absolute Gasteiger partial charge is 0.316 e. The molecule has 2 atom stereocenters. The molecule has 1 aliphatic carbocycles. The van der Waals surface area contributed by atoms with Crippen LogP contribution in [0.25, 0.3) is 0 Å². The van der Waals surface area contributed by atoms with Crippen LogP contribution >= 0.6 is 0 Å². The minimum atomic E-state index is -0.897. The van der Waals surface area contributed by atoms with Crippen LogP contribution in [0.3, 0.4) is 0 Å². The summed E-state index contributed by atoms with van der Waals surface area (Å²) in [7, 11) is 2.80. The van der Waals surface area contributed by atoms with Crippen LogP contribution in [0, 0.1) is 5.92 Å². The summed E-state index contributed by atoms with van der Waals surface area (Å²) in [4.78, 5) is 35.4. The van der Waals surface area contributed by atoms with E-state index in [1.54, 1.807) is 31.4 Å². The third-order valence-electron chi connectivity index (χ3n) is 3.57. The maximum Gasteiger partial charge on any atom is 0.316 e. The minimum Gasteiger partial charge on any atom is -0.497 e. The number of esters is 1. The van der Waals surface area contributed by atoms with Crippen molar-refractivity contribution in [3.05, 3.63) is 29.8 Å². The molecular formula is C15H16O5. The Balaban J connectivity index is 2.34. The first-order valence-corrected chi connectivity index (χ1v) is 6.33. The summed E-state index contributed by atoms with van der Waals surface area (Å²) in [6, 6.07) is 7.02. The van der Waals surface area contributed by atoms with Gasteiger partial charge in [-0.1, -0.05) is 12.1 Å². The van der Waals surface area contributed by atoms with Crippen molar-refractivity contribution >= 4 is 17.5 Å². The van der Waals surface area contributed by atoms with Crippen molar-refractivity contribution in [3.8, 4) is 5.75 Å². The maximum absolute atomic E-state index is 12.0. The molecular weight excluding hydrogens is 260 g/mol. The number of rotatable bonds is 3. The van der Waals surface area contributed by atoms with E-state index in [4.69, 9.17) is 9.47 Å². The van der Waals surface area contributed by atoms with E-state index in [1.807, 2.05) is 0 Å². The first kappa shape index (κ1) is 14.2. The van der Waals surface area contributed by atoms with Crippen LogP contribution in [0.4, 0.5) is 0 Å². The van der Waals surface area contributed by atoms with Crippen LogP contribution in [0.1, 0.15) is 24.3 Å². The molecule has 20 heavy (non-hydrogen) atoms. The fourth-order valence-electron chi connectivity index (χ4n) is 2.55. The molecule has 5 nitrogen and oxygen atoms in total. The molecule has 106 valence electrons. The van der Waals surface area contributed by atoms with Crippen molar-refractivity contribution in [2.45, 2.75) is 18.8 Å². The van der Waals surface area contributed by atoms with Gasteiger partial charge in [0.25, 0.3) is 0 Å². The number of benzene rings is 1. The molecule has 1 aromatic rings. The van der Waals surface area contributed by atoms with Gasteiger partial charge in [-0.05, 0) is 17.7 Å². The summed E-state index contributed by atoms with van der Waals surface area (Å²) in [5.74, 6) is -1.77. The highest BCUT2D eigenvalue weighted by molar-refractivity contribution is 6.11. The summed E-state index contributed by atoms with van der Waals surface area (Å²) in [5, 5.41) is 0. The van der Waals surface area contributed by atoms with Crippen LogP contribution in [0.15, 0.2) is 24.3 Å². The fraction of sp³-hybridized carbons (Fsp3) is 0.400. The topological polar surface area (TPSA) is 69.7 Å². The molecule has 1 fully saturated rings. The van der Waals surface area contributed by atoms with Crippen LogP contribution in [0.2, 0.25) is 0 Å².